The largest absolute Gasteiger partial charge is 0.420 e. The van der Waals surface area contributed by atoms with E-state index < -0.39 is 5.76 Å². The minimum Gasteiger partial charge on any atom is -0.408 e. The van der Waals surface area contributed by atoms with Crippen molar-refractivity contribution in [2.45, 2.75) is 16.6 Å². The third-order valence-electron chi connectivity index (χ3n) is 3.45. The number of fused-ring (bicyclic) bond motifs is 1. The Kier molecular flexibility index (Phi) is 4.87. The number of hydrogen-bond acceptors (Lipinski definition) is 8. The van der Waals surface area contributed by atoms with E-state index in [9.17, 15) is 9.59 Å². The number of benzene rings is 1. The molecule has 3 aromatic heterocycles. The Morgan fingerprint density at radius 2 is 2.12 bits per heavy atom. The molecule has 3 heterocycles. The normalized spacial score (nSPS) is 11.1. The lowest BCUT2D eigenvalue weighted by molar-refractivity contribution is -0.116. The minimum atomic E-state index is -0.564. The summed E-state index contributed by atoms with van der Waals surface area (Å²) < 4.78 is 7.19. The van der Waals surface area contributed by atoms with Crippen LogP contribution in [0.5, 0.6) is 0 Å². The second-order valence-electron chi connectivity index (χ2n) is 5.21. The number of oxazole rings is 1. The van der Waals surface area contributed by atoms with Crippen LogP contribution >= 0.6 is 34.4 Å². The highest BCUT2D eigenvalue weighted by Crippen LogP contribution is 2.29. The van der Waals surface area contributed by atoms with Crippen LogP contribution < -0.4 is 11.1 Å². The predicted molar refractivity (Wildman–Crippen MR) is 103 cm³/mol. The van der Waals surface area contributed by atoms with Gasteiger partial charge in [-0.1, -0.05) is 41.3 Å². The maximum atomic E-state index is 12.3. The molecule has 1 aromatic carbocycles. The summed E-state index contributed by atoms with van der Waals surface area (Å²) in [5, 5.41) is 13.2. The molecule has 0 unspecified atom stereocenters. The van der Waals surface area contributed by atoms with E-state index in [1.807, 2.05) is 11.4 Å². The molecule has 0 atom stereocenters. The molecule has 1 N–H and O–H groups in total. The van der Waals surface area contributed by atoms with E-state index in [-0.39, 0.29) is 12.5 Å². The molecule has 0 bridgehead atoms. The van der Waals surface area contributed by atoms with Gasteiger partial charge < -0.3 is 4.42 Å². The SMILES string of the molecule is O=C(Cn1c(=O)oc2ccccc21)Nc1nnc(SCc2cccs2)s1. The first-order valence-corrected chi connectivity index (χ1v) is 10.2. The van der Waals surface area contributed by atoms with Crippen LogP contribution in [-0.4, -0.2) is 20.7 Å². The van der Waals surface area contributed by atoms with Crippen LogP contribution in [0.15, 0.2) is 55.3 Å². The number of thioether (sulfide) groups is 1. The summed E-state index contributed by atoms with van der Waals surface area (Å²) in [5.74, 6) is -0.105. The molecule has 0 saturated carbocycles. The van der Waals surface area contributed by atoms with Crippen LogP contribution in [0.3, 0.4) is 0 Å². The van der Waals surface area contributed by atoms with E-state index in [2.05, 4.69) is 21.6 Å². The predicted octanol–water partition coefficient (Wildman–Crippen LogP) is 3.44. The van der Waals surface area contributed by atoms with E-state index in [1.165, 1.54) is 20.8 Å². The molecular weight excluding hydrogens is 392 g/mol. The Bertz CT molecular complexity index is 1100. The van der Waals surface area contributed by atoms with Crippen LogP contribution in [0.4, 0.5) is 5.13 Å². The third-order valence-corrected chi connectivity index (χ3v) is 6.53. The summed E-state index contributed by atoms with van der Waals surface area (Å²) >= 11 is 4.56. The molecule has 4 aromatic rings. The van der Waals surface area contributed by atoms with Crippen LogP contribution in [0.1, 0.15) is 4.88 Å². The first-order chi connectivity index (χ1) is 12.7. The quantitative estimate of drug-likeness (QED) is 0.391. The number of aromatic nitrogens is 3. The average molecular weight is 404 g/mol. The Morgan fingerprint density at radius 3 is 2.96 bits per heavy atom. The van der Waals surface area contributed by atoms with Crippen LogP contribution in [-0.2, 0) is 17.1 Å². The van der Waals surface area contributed by atoms with Gasteiger partial charge in [-0.3, -0.25) is 14.7 Å². The van der Waals surface area contributed by atoms with Gasteiger partial charge in [0.1, 0.15) is 6.54 Å². The van der Waals surface area contributed by atoms with Gasteiger partial charge in [0.05, 0.1) is 5.52 Å². The van der Waals surface area contributed by atoms with Crippen molar-refractivity contribution < 1.29 is 9.21 Å². The van der Waals surface area contributed by atoms with E-state index in [4.69, 9.17) is 4.42 Å². The average Bonchev–Trinajstić information content (AvgIpc) is 3.35. The number of anilines is 1. The molecule has 0 aliphatic carbocycles. The van der Waals surface area contributed by atoms with E-state index >= 15 is 0 Å². The number of hydrogen-bond donors (Lipinski definition) is 1. The lowest BCUT2D eigenvalue weighted by Crippen LogP contribution is -2.24. The first-order valence-electron chi connectivity index (χ1n) is 7.56. The molecule has 7 nitrogen and oxygen atoms in total. The maximum Gasteiger partial charge on any atom is 0.420 e. The van der Waals surface area contributed by atoms with Crippen LogP contribution in [0.25, 0.3) is 11.1 Å². The number of thiophene rings is 1. The number of amides is 1. The van der Waals surface area contributed by atoms with Crippen molar-refractivity contribution in [1.29, 1.82) is 0 Å². The first kappa shape index (κ1) is 17.0. The zero-order valence-corrected chi connectivity index (χ0v) is 15.7. The summed E-state index contributed by atoms with van der Waals surface area (Å²) in [5.41, 5.74) is 1.03. The van der Waals surface area contributed by atoms with Crippen molar-refractivity contribution in [2.75, 3.05) is 5.32 Å². The molecule has 10 heteroatoms. The Labute approximate surface area is 159 Å². The van der Waals surface area contributed by atoms with Gasteiger partial charge in [-0.15, -0.1) is 21.5 Å². The summed E-state index contributed by atoms with van der Waals surface area (Å²) in [6.07, 6.45) is 0. The molecule has 0 spiro atoms. The molecule has 0 fully saturated rings. The monoisotopic (exact) mass is 404 g/mol. The number of carbonyl (C=O) groups excluding carboxylic acids is 1. The van der Waals surface area contributed by atoms with Crippen molar-refractivity contribution in [3.63, 3.8) is 0 Å². The fourth-order valence-corrected chi connectivity index (χ4v) is 4.85. The third kappa shape index (κ3) is 3.71. The smallest absolute Gasteiger partial charge is 0.408 e. The number of carbonyl (C=O) groups is 1. The van der Waals surface area contributed by atoms with Crippen molar-refractivity contribution in [3.05, 3.63) is 57.2 Å². The molecule has 4 rings (SSSR count). The molecular formula is C16H12N4O3S3. The van der Waals surface area contributed by atoms with Crippen LogP contribution in [0, 0.1) is 0 Å². The fourth-order valence-electron chi connectivity index (χ4n) is 2.31. The Balaban J connectivity index is 1.40. The highest BCUT2D eigenvalue weighted by molar-refractivity contribution is 8.00. The van der Waals surface area contributed by atoms with Gasteiger partial charge in [-0.05, 0) is 23.6 Å². The lowest BCUT2D eigenvalue weighted by atomic mass is 10.3. The molecule has 0 aliphatic rings. The van der Waals surface area contributed by atoms with Gasteiger partial charge in [-0.25, -0.2) is 4.79 Å². The van der Waals surface area contributed by atoms with Crippen molar-refractivity contribution >= 4 is 56.6 Å². The van der Waals surface area contributed by atoms with Gasteiger partial charge >= 0.3 is 5.76 Å². The zero-order valence-electron chi connectivity index (χ0n) is 13.2. The zero-order chi connectivity index (χ0) is 17.9. The number of para-hydroxylation sites is 2. The van der Waals surface area contributed by atoms with Crippen molar-refractivity contribution in [3.8, 4) is 0 Å². The molecule has 1 amide bonds. The summed E-state index contributed by atoms with van der Waals surface area (Å²) in [6.45, 7) is -0.146. The second-order valence-corrected chi connectivity index (χ2v) is 8.44. The Hall–Kier alpha value is -2.43. The highest BCUT2D eigenvalue weighted by atomic mass is 32.2. The Morgan fingerprint density at radius 1 is 1.23 bits per heavy atom. The van der Waals surface area contributed by atoms with Gasteiger partial charge in [0, 0.05) is 10.6 Å². The standard InChI is InChI=1S/C16H12N4O3S3/c21-13(8-20-11-5-1-2-6-12(11)23-16(20)22)17-14-18-19-15(26-14)25-9-10-4-3-7-24-10/h1-7H,8-9H2,(H,17,18,21). The van der Waals surface area contributed by atoms with Crippen molar-refractivity contribution in [1.82, 2.24) is 14.8 Å². The number of nitrogens with zero attached hydrogens (tertiary/aromatic N) is 3. The topological polar surface area (TPSA) is 90.0 Å². The van der Waals surface area contributed by atoms with E-state index in [0.29, 0.717) is 16.2 Å². The summed E-state index contributed by atoms with van der Waals surface area (Å²) in [4.78, 5) is 25.4. The number of nitrogens with one attached hydrogen (secondary N) is 1. The fraction of sp³-hybridized carbons (Fsp3) is 0.125. The van der Waals surface area contributed by atoms with E-state index in [0.717, 1.165) is 10.1 Å². The molecule has 26 heavy (non-hydrogen) atoms. The van der Waals surface area contributed by atoms with Crippen LogP contribution in [0.2, 0.25) is 0 Å². The number of rotatable bonds is 6. The minimum absolute atomic E-state index is 0.146. The molecule has 0 radical (unpaired) electrons. The molecule has 0 saturated heterocycles. The van der Waals surface area contributed by atoms with Gasteiger partial charge in [0.2, 0.25) is 11.0 Å². The lowest BCUT2D eigenvalue weighted by Gasteiger charge is -2.01. The molecule has 132 valence electrons. The van der Waals surface area contributed by atoms with Crippen molar-refractivity contribution in [2.24, 2.45) is 0 Å². The summed E-state index contributed by atoms with van der Waals surface area (Å²) in [6, 6.07) is 11.0. The second kappa shape index (κ2) is 7.44. The maximum absolute atomic E-state index is 12.3. The molecule has 0 aliphatic heterocycles. The van der Waals surface area contributed by atoms with Gasteiger partial charge in [0.25, 0.3) is 0 Å². The highest BCUT2D eigenvalue weighted by Gasteiger charge is 2.14. The van der Waals surface area contributed by atoms with Gasteiger partial charge in [0.15, 0.2) is 9.92 Å². The van der Waals surface area contributed by atoms with Gasteiger partial charge in [-0.2, -0.15) is 0 Å². The van der Waals surface area contributed by atoms with E-state index in [1.54, 1.807) is 47.4 Å². The summed E-state index contributed by atoms with van der Waals surface area (Å²) in [7, 11) is 0.